The molecule has 1 aliphatic carbocycles. The number of carbonyl (C=O) groups is 1. The maximum Gasteiger partial charge on any atom is 0.143 e. The van der Waals surface area contributed by atoms with Gasteiger partial charge in [-0.15, -0.1) is 0 Å². The minimum atomic E-state index is -0.211. The predicted octanol–water partition coefficient (Wildman–Crippen LogP) is 7.64. The number of Topliss-reactive ketones (excluding diaryl/α,β-unsaturated/α-hetero) is 1. The molecule has 0 bridgehead atoms. The van der Waals surface area contributed by atoms with Crippen molar-refractivity contribution < 1.29 is 9.53 Å². The molecule has 0 spiro atoms. The average Bonchev–Trinajstić information content (AvgIpc) is 2.86. The fraction of sp³-hybridized carbons (Fsp3) is 0.250. The van der Waals surface area contributed by atoms with Gasteiger partial charge in [0.1, 0.15) is 18.1 Å². The first-order chi connectivity index (χ1) is 17.0. The molecule has 1 aliphatic heterocycles. The number of carbonyl (C=O) groups excluding carboxylic acids is 1. The summed E-state index contributed by atoms with van der Waals surface area (Å²) >= 11 is 0. The molecule has 1 fully saturated rings. The molecular weight excluding hydrogens is 430 g/mol. The normalized spacial score (nSPS) is 20.6. The largest absolute Gasteiger partial charge is 0.489 e. The number of ketones is 1. The minimum absolute atomic E-state index is 0.0460. The second-order valence-corrected chi connectivity index (χ2v) is 10.6. The van der Waals surface area contributed by atoms with Crippen LogP contribution in [0.2, 0.25) is 0 Å². The number of hydrogen-bond acceptors (Lipinski definition) is 3. The van der Waals surface area contributed by atoms with Gasteiger partial charge in [-0.3, -0.25) is 9.79 Å². The number of aliphatic imine (C=N–C) groups is 1. The van der Waals surface area contributed by atoms with Crippen molar-refractivity contribution in [2.24, 2.45) is 16.3 Å². The van der Waals surface area contributed by atoms with Crippen LogP contribution in [0.25, 0.3) is 10.8 Å². The van der Waals surface area contributed by atoms with E-state index in [0.29, 0.717) is 18.8 Å². The van der Waals surface area contributed by atoms with Gasteiger partial charge in [0.05, 0.1) is 11.6 Å². The molecule has 1 heterocycles. The van der Waals surface area contributed by atoms with Crippen LogP contribution in [0.1, 0.15) is 49.3 Å². The third-order valence-corrected chi connectivity index (χ3v) is 7.36. The van der Waals surface area contributed by atoms with Gasteiger partial charge in [-0.25, -0.2) is 0 Å². The molecule has 3 heteroatoms. The zero-order valence-corrected chi connectivity index (χ0v) is 20.2. The fourth-order valence-electron chi connectivity index (χ4n) is 5.82. The van der Waals surface area contributed by atoms with Gasteiger partial charge in [0.25, 0.3) is 0 Å². The Labute approximate surface area is 206 Å². The van der Waals surface area contributed by atoms with E-state index >= 15 is 0 Å². The van der Waals surface area contributed by atoms with E-state index in [1.54, 1.807) is 0 Å². The van der Waals surface area contributed by atoms with E-state index in [1.807, 2.05) is 30.3 Å². The Morgan fingerprint density at radius 2 is 1.57 bits per heavy atom. The van der Waals surface area contributed by atoms with Crippen molar-refractivity contribution in [1.29, 1.82) is 0 Å². The third-order valence-electron chi connectivity index (χ3n) is 7.36. The number of benzene rings is 4. The van der Waals surface area contributed by atoms with Crippen molar-refractivity contribution in [3.05, 3.63) is 108 Å². The van der Waals surface area contributed by atoms with Crippen molar-refractivity contribution in [2.45, 2.75) is 39.2 Å². The van der Waals surface area contributed by atoms with Crippen LogP contribution in [0, 0.1) is 11.3 Å². The first-order valence-corrected chi connectivity index (χ1v) is 12.4. The molecule has 1 saturated carbocycles. The molecule has 0 saturated heterocycles. The molecule has 2 unspecified atom stereocenters. The Balaban J connectivity index is 1.42. The van der Waals surface area contributed by atoms with Crippen molar-refractivity contribution in [2.75, 3.05) is 0 Å². The van der Waals surface area contributed by atoms with E-state index in [1.165, 1.54) is 16.3 Å². The van der Waals surface area contributed by atoms with Crippen molar-refractivity contribution in [1.82, 2.24) is 0 Å². The lowest BCUT2D eigenvalue weighted by Gasteiger charge is -2.41. The monoisotopic (exact) mass is 459 g/mol. The van der Waals surface area contributed by atoms with Crippen molar-refractivity contribution in [3.63, 3.8) is 0 Å². The van der Waals surface area contributed by atoms with Gasteiger partial charge in [-0.05, 0) is 57.5 Å². The maximum atomic E-state index is 13.6. The van der Waals surface area contributed by atoms with Crippen LogP contribution in [-0.4, -0.2) is 11.5 Å². The second kappa shape index (κ2) is 8.49. The van der Waals surface area contributed by atoms with E-state index in [9.17, 15) is 4.79 Å². The van der Waals surface area contributed by atoms with Crippen LogP contribution >= 0.6 is 0 Å². The summed E-state index contributed by atoms with van der Waals surface area (Å²) < 4.78 is 6.04. The van der Waals surface area contributed by atoms with Gasteiger partial charge in [0.2, 0.25) is 0 Å². The highest BCUT2D eigenvalue weighted by atomic mass is 16.5. The Bertz CT molecular complexity index is 1430. The highest BCUT2D eigenvalue weighted by Gasteiger charge is 2.46. The van der Waals surface area contributed by atoms with Crippen molar-refractivity contribution >= 4 is 28.0 Å². The summed E-state index contributed by atoms with van der Waals surface area (Å²) in [5.74, 6) is 0.873. The van der Waals surface area contributed by atoms with Crippen molar-refractivity contribution in [3.8, 4) is 5.75 Å². The average molecular weight is 460 g/mol. The van der Waals surface area contributed by atoms with Crippen LogP contribution in [0.15, 0.2) is 96.0 Å². The lowest BCUT2D eigenvalue weighted by atomic mass is 9.63. The first kappa shape index (κ1) is 21.8. The van der Waals surface area contributed by atoms with Gasteiger partial charge in [-0.1, -0.05) is 86.6 Å². The van der Waals surface area contributed by atoms with Gasteiger partial charge in [-0.2, -0.15) is 0 Å². The molecule has 6 rings (SSSR count). The third kappa shape index (κ3) is 4.05. The summed E-state index contributed by atoms with van der Waals surface area (Å²) in [7, 11) is 0. The van der Waals surface area contributed by atoms with E-state index in [0.717, 1.165) is 34.7 Å². The van der Waals surface area contributed by atoms with E-state index in [-0.39, 0.29) is 17.3 Å². The van der Waals surface area contributed by atoms with E-state index < -0.39 is 0 Å². The van der Waals surface area contributed by atoms with Gasteiger partial charge >= 0.3 is 0 Å². The van der Waals surface area contributed by atoms with Crippen LogP contribution in [0.3, 0.4) is 0 Å². The van der Waals surface area contributed by atoms with Gasteiger partial charge in [0.15, 0.2) is 0 Å². The summed E-state index contributed by atoms with van der Waals surface area (Å²) in [6, 6.07) is 31.2. The van der Waals surface area contributed by atoms with Crippen LogP contribution in [0.5, 0.6) is 5.75 Å². The lowest BCUT2D eigenvalue weighted by molar-refractivity contribution is -0.124. The zero-order valence-electron chi connectivity index (χ0n) is 20.2. The second-order valence-electron chi connectivity index (χ2n) is 10.6. The van der Waals surface area contributed by atoms with Crippen LogP contribution in [0.4, 0.5) is 5.69 Å². The maximum absolute atomic E-state index is 13.6. The quantitative estimate of drug-likeness (QED) is 0.314. The molecule has 2 aliphatic rings. The van der Waals surface area contributed by atoms with Crippen LogP contribution in [-0.2, 0) is 11.4 Å². The highest BCUT2D eigenvalue weighted by molar-refractivity contribution is 6.12. The van der Waals surface area contributed by atoms with E-state index in [2.05, 4.69) is 74.5 Å². The molecule has 35 heavy (non-hydrogen) atoms. The number of nitrogens with zero attached hydrogens (tertiary/aromatic N) is 1. The fourth-order valence-corrected chi connectivity index (χ4v) is 5.82. The Kier molecular flexibility index (Phi) is 5.29. The standard InChI is InChI=1S/C32H29NO2/c1-32(2)18-27-31(28(34)19-32)29(30-25-11-7-6-10-22(25)14-17-26(30)33-27)23-12-15-24(16-13-23)35-20-21-8-4-3-5-9-21/h3-17,29,31H,18-20H2,1-2H3. The molecule has 4 aromatic carbocycles. The van der Waals surface area contributed by atoms with Gasteiger partial charge < -0.3 is 4.74 Å². The minimum Gasteiger partial charge on any atom is -0.489 e. The Morgan fingerprint density at radius 1 is 0.829 bits per heavy atom. The number of hydrogen-bond donors (Lipinski definition) is 0. The smallest absolute Gasteiger partial charge is 0.143 e. The predicted molar refractivity (Wildman–Crippen MR) is 142 cm³/mol. The zero-order chi connectivity index (χ0) is 24.0. The first-order valence-electron chi connectivity index (χ1n) is 12.4. The molecule has 0 radical (unpaired) electrons. The molecule has 4 aromatic rings. The van der Waals surface area contributed by atoms with E-state index in [4.69, 9.17) is 9.73 Å². The topological polar surface area (TPSA) is 38.7 Å². The summed E-state index contributed by atoms with van der Waals surface area (Å²) in [6.07, 6.45) is 1.44. The highest BCUT2D eigenvalue weighted by Crippen LogP contribution is 2.51. The lowest BCUT2D eigenvalue weighted by Crippen LogP contribution is -2.42. The molecule has 174 valence electrons. The molecular formula is C32H29NO2. The number of fused-ring (bicyclic) bond motifs is 4. The number of ether oxygens (including phenoxy) is 1. The number of rotatable bonds is 4. The Morgan fingerprint density at radius 3 is 2.37 bits per heavy atom. The molecule has 0 aromatic heterocycles. The SMILES string of the molecule is CC1(C)CC(=O)C2C(=Nc3ccc4ccccc4c3C2c2ccc(OCc3ccccc3)cc2)C1. The van der Waals surface area contributed by atoms with Gasteiger partial charge in [0, 0.05) is 18.1 Å². The molecule has 3 nitrogen and oxygen atoms in total. The van der Waals surface area contributed by atoms with Crippen LogP contribution < -0.4 is 4.74 Å². The summed E-state index contributed by atoms with van der Waals surface area (Å²) in [5.41, 5.74) is 5.42. The summed E-state index contributed by atoms with van der Waals surface area (Å²) in [6.45, 7) is 4.88. The summed E-state index contributed by atoms with van der Waals surface area (Å²) in [4.78, 5) is 18.7. The molecule has 0 amide bonds. The molecule has 2 atom stereocenters. The summed E-state index contributed by atoms with van der Waals surface area (Å²) in [5, 5.41) is 2.36. The molecule has 0 N–H and O–H groups in total. The Hall–Kier alpha value is -3.72.